The molecular formula is C53H99NO4. The molecule has 0 aliphatic carbocycles. The lowest BCUT2D eigenvalue weighted by Crippen LogP contribution is -2.48. The fourth-order valence-corrected chi connectivity index (χ4v) is 7.62. The SMILES string of the molecule is CCCCCCCCCCCC/C=C\CCCCCCCCC(O)C(=O)NC(CO)C(O)/C=C/CC/C=C/CC/C=C/CCCCCCCCCCCCCCCC. The van der Waals surface area contributed by atoms with Crippen molar-refractivity contribution in [3.63, 3.8) is 0 Å². The maximum atomic E-state index is 12.5. The monoisotopic (exact) mass is 814 g/mol. The van der Waals surface area contributed by atoms with E-state index in [0.717, 1.165) is 44.9 Å². The van der Waals surface area contributed by atoms with Crippen LogP contribution in [0.1, 0.15) is 258 Å². The molecule has 0 spiro atoms. The van der Waals surface area contributed by atoms with Gasteiger partial charge in [-0.15, -0.1) is 0 Å². The van der Waals surface area contributed by atoms with E-state index in [1.54, 1.807) is 6.08 Å². The number of rotatable bonds is 46. The molecule has 4 N–H and O–H groups in total. The van der Waals surface area contributed by atoms with Crippen molar-refractivity contribution in [1.82, 2.24) is 5.32 Å². The molecule has 5 nitrogen and oxygen atoms in total. The number of carbonyl (C=O) groups excluding carboxylic acids is 1. The lowest BCUT2D eigenvalue weighted by molar-refractivity contribution is -0.131. The van der Waals surface area contributed by atoms with Crippen LogP contribution in [0.3, 0.4) is 0 Å². The first kappa shape index (κ1) is 56.3. The Morgan fingerprint density at radius 3 is 1.05 bits per heavy atom. The Morgan fingerprint density at radius 2 is 0.707 bits per heavy atom. The van der Waals surface area contributed by atoms with Crippen molar-refractivity contribution < 1.29 is 20.1 Å². The molecule has 0 aliphatic rings. The van der Waals surface area contributed by atoms with Crippen molar-refractivity contribution in [2.45, 2.75) is 276 Å². The highest BCUT2D eigenvalue weighted by atomic mass is 16.3. The van der Waals surface area contributed by atoms with E-state index in [1.807, 2.05) is 6.08 Å². The number of aliphatic hydroxyl groups excluding tert-OH is 3. The smallest absolute Gasteiger partial charge is 0.249 e. The van der Waals surface area contributed by atoms with Crippen molar-refractivity contribution in [3.05, 3.63) is 48.6 Å². The summed E-state index contributed by atoms with van der Waals surface area (Å²) < 4.78 is 0. The van der Waals surface area contributed by atoms with Gasteiger partial charge in [-0.05, 0) is 70.6 Å². The molecule has 58 heavy (non-hydrogen) atoms. The molecule has 1 amide bonds. The molecule has 0 aromatic rings. The van der Waals surface area contributed by atoms with Gasteiger partial charge in [0.05, 0.1) is 18.8 Å². The van der Waals surface area contributed by atoms with Crippen LogP contribution in [0.2, 0.25) is 0 Å². The van der Waals surface area contributed by atoms with Crippen LogP contribution in [0.25, 0.3) is 0 Å². The molecule has 0 saturated heterocycles. The summed E-state index contributed by atoms with van der Waals surface area (Å²) in [7, 11) is 0. The Morgan fingerprint density at radius 1 is 0.414 bits per heavy atom. The molecule has 3 unspecified atom stereocenters. The minimum absolute atomic E-state index is 0.384. The Bertz CT molecular complexity index is 943. The fourth-order valence-electron chi connectivity index (χ4n) is 7.62. The third-order valence-corrected chi connectivity index (χ3v) is 11.6. The molecule has 0 heterocycles. The van der Waals surface area contributed by atoms with E-state index in [9.17, 15) is 20.1 Å². The first-order valence-electron chi connectivity index (χ1n) is 25.5. The Hall–Kier alpha value is -1.69. The second-order valence-corrected chi connectivity index (χ2v) is 17.4. The third kappa shape index (κ3) is 42.4. The predicted molar refractivity (Wildman–Crippen MR) is 254 cm³/mol. The molecule has 0 bridgehead atoms. The van der Waals surface area contributed by atoms with Crippen LogP contribution < -0.4 is 5.32 Å². The number of hydrogen-bond donors (Lipinski definition) is 4. The number of amides is 1. The van der Waals surface area contributed by atoms with E-state index in [0.29, 0.717) is 6.42 Å². The highest BCUT2D eigenvalue weighted by Gasteiger charge is 2.22. The number of allylic oxidation sites excluding steroid dienone is 7. The molecular weight excluding hydrogens is 715 g/mol. The zero-order chi connectivity index (χ0) is 42.3. The Labute approximate surface area is 361 Å². The lowest BCUT2D eigenvalue weighted by Gasteiger charge is -2.21. The van der Waals surface area contributed by atoms with Gasteiger partial charge in [0.1, 0.15) is 6.10 Å². The minimum atomic E-state index is -1.12. The molecule has 0 radical (unpaired) electrons. The Kier molecular flexibility index (Phi) is 46.6. The Balaban J connectivity index is 3.70. The van der Waals surface area contributed by atoms with E-state index in [1.165, 1.54) is 193 Å². The van der Waals surface area contributed by atoms with Gasteiger partial charge < -0.3 is 20.6 Å². The molecule has 3 atom stereocenters. The third-order valence-electron chi connectivity index (χ3n) is 11.6. The van der Waals surface area contributed by atoms with Crippen LogP contribution in [0, 0.1) is 0 Å². The van der Waals surface area contributed by atoms with Gasteiger partial charge in [0.2, 0.25) is 5.91 Å². The highest BCUT2D eigenvalue weighted by Crippen LogP contribution is 2.15. The predicted octanol–water partition coefficient (Wildman–Crippen LogP) is 15.3. The lowest BCUT2D eigenvalue weighted by atomic mass is 10.0. The van der Waals surface area contributed by atoms with E-state index < -0.39 is 24.2 Å². The number of hydrogen-bond acceptors (Lipinski definition) is 4. The van der Waals surface area contributed by atoms with E-state index >= 15 is 0 Å². The number of nitrogens with one attached hydrogen (secondary N) is 1. The van der Waals surface area contributed by atoms with Crippen molar-refractivity contribution >= 4 is 5.91 Å². The van der Waals surface area contributed by atoms with Crippen LogP contribution in [-0.4, -0.2) is 46.1 Å². The standard InChI is InChI=1S/C53H99NO4/c1-3-5-7-9-11-13-15-17-19-21-23-25-26-27-28-30-31-33-35-37-39-41-43-45-47-51(56)50(49-55)54-53(58)52(57)48-46-44-42-40-38-36-34-32-29-24-22-20-18-16-14-12-10-8-6-4-2/h29-32,37,39,45,47,50-52,55-57H,3-28,33-36,38,40-44,46,48-49H2,1-2H3,(H,54,58)/b31-30+,32-29-,39-37+,47-45+. The average Bonchev–Trinajstić information content (AvgIpc) is 3.23. The summed E-state index contributed by atoms with van der Waals surface area (Å²) >= 11 is 0. The number of aliphatic hydroxyl groups is 3. The van der Waals surface area contributed by atoms with Gasteiger partial charge >= 0.3 is 0 Å². The molecule has 5 heteroatoms. The van der Waals surface area contributed by atoms with Crippen LogP contribution >= 0.6 is 0 Å². The van der Waals surface area contributed by atoms with Crippen molar-refractivity contribution in [2.75, 3.05) is 6.61 Å². The second kappa shape index (κ2) is 48.0. The topological polar surface area (TPSA) is 89.8 Å². The molecule has 0 fully saturated rings. The molecule has 0 saturated carbocycles. The van der Waals surface area contributed by atoms with E-state index in [4.69, 9.17) is 0 Å². The summed E-state index contributed by atoms with van der Waals surface area (Å²) in [6, 6.07) is -0.825. The average molecular weight is 814 g/mol. The van der Waals surface area contributed by atoms with Gasteiger partial charge in [-0.3, -0.25) is 4.79 Å². The largest absolute Gasteiger partial charge is 0.394 e. The molecule has 0 aromatic heterocycles. The zero-order valence-electron chi connectivity index (χ0n) is 38.7. The molecule has 0 aliphatic heterocycles. The van der Waals surface area contributed by atoms with E-state index in [2.05, 4.69) is 55.6 Å². The summed E-state index contributed by atoms with van der Waals surface area (Å²) in [5, 5.41) is 33.2. The van der Waals surface area contributed by atoms with Gasteiger partial charge in [-0.1, -0.05) is 236 Å². The summed E-state index contributed by atoms with van der Waals surface area (Å²) in [6.07, 6.45) is 63.1. The summed E-state index contributed by atoms with van der Waals surface area (Å²) in [5.41, 5.74) is 0. The zero-order valence-corrected chi connectivity index (χ0v) is 38.7. The van der Waals surface area contributed by atoms with Crippen molar-refractivity contribution in [1.29, 1.82) is 0 Å². The fraction of sp³-hybridized carbons (Fsp3) is 0.830. The number of unbranched alkanes of at least 4 members (excludes halogenated alkanes) is 32. The van der Waals surface area contributed by atoms with Gasteiger partial charge in [-0.2, -0.15) is 0 Å². The first-order chi connectivity index (χ1) is 28.6. The van der Waals surface area contributed by atoms with Crippen LogP contribution in [0.15, 0.2) is 48.6 Å². The van der Waals surface area contributed by atoms with Crippen molar-refractivity contribution in [2.24, 2.45) is 0 Å². The maximum Gasteiger partial charge on any atom is 0.249 e. The molecule has 0 rings (SSSR count). The summed E-state index contributed by atoms with van der Waals surface area (Å²) in [6.45, 7) is 4.18. The maximum absolute atomic E-state index is 12.5. The summed E-state index contributed by atoms with van der Waals surface area (Å²) in [5.74, 6) is -0.521. The van der Waals surface area contributed by atoms with Crippen LogP contribution in [0.4, 0.5) is 0 Å². The van der Waals surface area contributed by atoms with Gasteiger partial charge in [0, 0.05) is 0 Å². The van der Waals surface area contributed by atoms with Gasteiger partial charge in [0.25, 0.3) is 0 Å². The van der Waals surface area contributed by atoms with Gasteiger partial charge in [0.15, 0.2) is 0 Å². The second-order valence-electron chi connectivity index (χ2n) is 17.4. The normalized spacial score (nSPS) is 13.8. The van der Waals surface area contributed by atoms with Crippen LogP contribution in [0.5, 0.6) is 0 Å². The quantitative estimate of drug-likeness (QED) is 0.0364. The minimum Gasteiger partial charge on any atom is -0.394 e. The molecule has 340 valence electrons. The van der Waals surface area contributed by atoms with Crippen LogP contribution in [-0.2, 0) is 4.79 Å². The first-order valence-corrected chi connectivity index (χ1v) is 25.5. The molecule has 0 aromatic carbocycles. The number of carbonyl (C=O) groups is 1. The van der Waals surface area contributed by atoms with Crippen molar-refractivity contribution in [3.8, 4) is 0 Å². The summed E-state index contributed by atoms with van der Waals surface area (Å²) in [4.78, 5) is 12.5. The highest BCUT2D eigenvalue weighted by molar-refractivity contribution is 5.80. The van der Waals surface area contributed by atoms with E-state index in [-0.39, 0.29) is 6.61 Å². The van der Waals surface area contributed by atoms with Gasteiger partial charge in [-0.25, -0.2) is 0 Å².